The van der Waals surface area contributed by atoms with E-state index in [2.05, 4.69) is 15.3 Å². The molecule has 0 spiro atoms. The van der Waals surface area contributed by atoms with Crippen molar-refractivity contribution in [3.63, 3.8) is 0 Å². The maximum Gasteiger partial charge on any atom is 0.416 e. The summed E-state index contributed by atoms with van der Waals surface area (Å²) >= 11 is 6.12. The van der Waals surface area contributed by atoms with Crippen molar-refractivity contribution in [3.05, 3.63) is 64.4 Å². The van der Waals surface area contributed by atoms with Crippen LogP contribution in [0.2, 0.25) is 5.02 Å². The highest BCUT2D eigenvalue weighted by Gasteiger charge is 2.30. The average Bonchev–Trinajstić information content (AvgIpc) is 2.73. The molecule has 0 aliphatic heterocycles. The highest BCUT2D eigenvalue weighted by Crippen LogP contribution is 2.36. The predicted octanol–water partition coefficient (Wildman–Crippen LogP) is 5.39. The topological polar surface area (TPSA) is 73.3 Å². The first-order chi connectivity index (χ1) is 14.6. The van der Waals surface area contributed by atoms with Crippen LogP contribution in [0.4, 0.5) is 18.9 Å². The zero-order chi connectivity index (χ0) is 22.8. The second-order valence-corrected chi connectivity index (χ2v) is 6.82. The number of carbonyl (C=O) groups excluding carboxylic acids is 1. The number of anilines is 1. The Morgan fingerprint density at radius 3 is 2.26 bits per heavy atom. The van der Waals surface area contributed by atoms with Crippen LogP contribution in [0, 0.1) is 6.92 Å². The van der Waals surface area contributed by atoms with Crippen molar-refractivity contribution in [1.82, 2.24) is 9.97 Å². The monoisotopic (exact) mass is 451 g/mol. The van der Waals surface area contributed by atoms with Crippen LogP contribution in [0.5, 0.6) is 11.5 Å². The fraction of sp³-hybridized carbons (Fsp3) is 0.190. The minimum Gasteiger partial charge on any atom is -0.495 e. The molecule has 0 radical (unpaired) electrons. The highest BCUT2D eigenvalue weighted by atomic mass is 35.5. The van der Waals surface area contributed by atoms with Crippen molar-refractivity contribution < 1.29 is 27.4 Å². The van der Waals surface area contributed by atoms with Crippen molar-refractivity contribution in [2.45, 2.75) is 13.1 Å². The molecule has 0 saturated carbocycles. The Morgan fingerprint density at radius 1 is 1.06 bits per heavy atom. The van der Waals surface area contributed by atoms with Crippen molar-refractivity contribution in [3.8, 4) is 22.9 Å². The van der Waals surface area contributed by atoms with E-state index < -0.39 is 17.6 Å². The third kappa shape index (κ3) is 4.88. The number of amides is 1. The summed E-state index contributed by atoms with van der Waals surface area (Å²) in [6.45, 7) is 1.60. The van der Waals surface area contributed by atoms with E-state index in [4.69, 9.17) is 21.1 Å². The van der Waals surface area contributed by atoms with Crippen LogP contribution in [0.3, 0.4) is 0 Å². The summed E-state index contributed by atoms with van der Waals surface area (Å²) in [5.41, 5.74) is 0.484. The lowest BCUT2D eigenvalue weighted by Crippen LogP contribution is -2.15. The second kappa shape index (κ2) is 8.81. The first kappa shape index (κ1) is 22.4. The van der Waals surface area contributed by atoms with Gasteiger partial charge in [0.25, 0.3) is 5.91 Å². The SMILES string of the molecule is COc1cc(OC)c(NC(=O)c2cnc(-c3ccc(C(F)(F)F)cc3)nc2C)cc1Cl. The molecular formula is C21H17ClF3N3O3. The molecule has 10 heteroatoms. The smallest absolute Gasteiger partial charge is 0.416 e. The van der Waals surface area contributed by atoms with E-state index in [1.54, 1.807) is 6.92 Å². The molecule has 0 aliphatic carbocycles. The Kier molecular flexibility index (Phi) is 6.35. The molecule has 162 valence electrons. The molecule has 2 aromatic carbocycles. The number of hydrogen-bond acceptors (Lipinski definition) is 5. The number of rotatable bonds is 5. The Labute approximate surface area is 181 Å². The van der Waals surface area contributed by atoms with E-state index >= 15 is 0 Å². The van der Waals surface area contributed by atoms with Crippen molar-refractivity contribution in [2.24, 2.45) is 0 Å². The summed E-state index contributed by atoms with van der Waals surface area (Å²) < 4.78 is 48.6. The van der Waals surface area contributed by atoms with Crippen LogP contribution in [0.25, 0.3) is 11.4 Å². The Hall–Kier alpha value is -3.33. The summed E-state index contributed by atoms with van der Waals surface area (Å²) in [5, 5.41) is 2.97. The van der Waals surface area contributed by atoms with Crippen LogP contribution in [-0.4, -0.2) is 30.1 Å². The molecular weight excluding hydrogens is 435 g/mol. The van der Waals surface area contributed by atoms with E-state index in [-0.39, 0.29) is 16.4 Å². The number of ether oxygens (including phenoxy) is 2. The lowest BCUT2D eigenvalue weighted by molar-refractivity contribution is -0.137. The number of alkyl halides is 3. The van der Waals surface area contributed by atoms with Gasteiger partial charge in [0, 0.05) is 17.8 Å². The minimum atomic E-state index is -4.43. The predicted molar refractivity (Wildman–Crippen MR) is 110 cm³/mol. The number of carbonyl (C=O) groups is 1. The van der Waals surface area contributed by atoms with Gasteiger partial charge in [0.2, 0.25) is 0 Å². The minimum absolute atomic E-state index is 0.185. The summed E-state index contributed by atoms with van der Waals surface area (Å²) in [5.74, 6) is 0.426. The van der Waals surface area contributed by atoms with Crippen LogP contribution in [0.1, 0.15) is 21.6 Å². The van der Waals surface area contributed by atoms with Gasteiger partial charge >= 0.3 is 6.18 Å². The van der Waals surface area contributed by atoms with Gasteiger partial charge in [0.05, 0.1) is 41.8 Å². The molecule has 1 heterocycles. The number of methoxy groups -OCH3 is 2. The van der Waals surface area contributed by atoms with E-state index in [1.165, 1.54) is 44.7 Å². The largest absolute Gasteiger partial charge is 0.495 e. The van der Waals surface area contributed by atoms with Gasteiger partial charge in [-0.25, -0.2) is 9.97 Å². The molecule has 0 saturated heterocycles. The molecule has 0 aliphatic rings. The molecule has 0 bridgehead atoms. The molecule has 1 N–H and O–H groups in total. The summed E-state index contributed by atoms with van der Waals surface area (Å²) in [7, 11) is 2.89. The summed E-state index contributed by atoms with van der Waals surface area (Å²) in [6, 6.07) is 7.49. The third-order valence-electron chi connectivity index (χ3n) is 4.42. The van der Waals surface area contributed by atoms with Gasteiger partial charge in [-0.1, -0.05) is 23.7 Å². The number of aromatic nitrogens is 2. The van der Waals surface area contributed by atoms with Crippen molar-refractivity contribution >= 4 is 23.2 Å². The van der Waals surface area contributed by atoms with Gasteiger partial charge in [0.1, 0.15) is 11.5 Å². The lowest BCUT2D eigenvalue weighted by Gasteiger charge is -2.14. The molecule has 1 aromatic heterocycles. The lowest BCUT2D eigenvalue weighted by atomic mass is 10.1. The van der Waals surface area contributed by atoms with E-state index in [0.29, 0.717) is 28.4 Å². The number of hydrogen-bond donors (Lipinski definition) is 1. The Bertz CT molecular complexity index is 1120. The number of halogens is 4. The van der Waals surface area contributed by atoms with Gasteiger partial charge in [0.15, 0.2) is 5.82 Å². The molecule has 6 nitrogen and oxygen atoms in total. The van der Waals surface area contributed by atoms with Crippen molar-refractivity contribution in [1.29, 1.82) is 0 Å². The molecule has 3 aromatic rings. The zero-order valence-electron chi connectivity index (χ0n) is 16.7. The van der Waals surface area contributed by atoms with Gasteiger partial charge in [-0.15, -0.1) is 0 Å². The molecule has 0 unspecified atom stereocenters. The standard InChI is InChI=1S/C21H17ClF3N3O3/c1-11-14(20(29)28-16-8-15(22)17(30-2)9-18(16)31-3)10-26-19(27-11)12-4-6-13(7-5-12)21(23,24)25/h4-10H,1-3H3,(H,28,29). The maximum absolute atomic E-state index is 12.7. The van der Waals surface area contributed by atoms with E-state index in [9.17, 15) is 18.0 Å². The van der Waals surface area contributed by atoms with Crippen LogP contribution >= 0.6 is 11.6 Å². The summed E-state index contributed by atoms with van der Waals surface area (Å²) in [4.78, 5) is 21.1. The molecule has 0 fully saturated rings. The van der Waals surface area contributed by atoms with Crippen LogP contribution in [-0.2, 0) is 6.18 Å². The Balaban J connectivity index is 1.85. The normalized spacial score (nSPS) is 11.2. The van der Waals surface area contributed by atoms with E-state index in [1.807, 2.05) is 0 Å². The second-order valence-electron chi connectivity index (χ2n) is 6.41. The first-order valence-electron chi connectivity index (χ1n) is 8.88. The maximum atomic E-state index is 12.7. The highest BCUT2D eigenvalue weighted by molar-refractivity contribution is 6.32. The van der Waals surface area contributed by atoms with Crippen LogP contribution < -0.4 is 14.8 Å². The zero-order valence-corrected chi connectivity index (χ0v) is 17.4. The van der Waals surface area contributed by atoms with Gasteiger partial charge in [-0.2, -0.15) is 13.2 Å². The number of aryl methyl sites for hydroxylation is 1. The fourth-order valence-electron chi connectivity index (χ4n) is 2.78. The number of nitrogens with one attached hydrogen (secondary N) is 1. The van der Waals surface area contributed by atoms with Gasteiger partial charge < -0.3 is 14.8 Å². The van der Waals surface area contributed by atoms with Gasteiger partial charge in [-0.3, -0.25) is 4.79 Å². The van der Waals surface area contributed by atoms with Crippen molar-refractivity contribution in [2.75, 3.05) is 19.5 Å². The average molecular weight is 452 g/mol. The molecule has 1 amide bonds. The Morgan fingerprint density at radius 2 is 1.71 bits per heavy atom. The molecule has 0 atom stereocenters. The third-order valence-corrected chi connectivity index (χ3v) is 4.71. The fourth-order valence-corrected chi connectivity index (χ4v) is 3.03. The number of benzene rings is 2. The summed E-state index contributed by atoms with van der Waals surface area (Å²) in [6.07, 6.45) is -3.12. The quantitative estimate of drug-likeness (QED) is 0.562. The van der Waals surface area contributed by atoms with Crippen LogP contribution in [0.15, 0.2) is 42.6 Å². The van der Waals surface area contributed by atoms with E-state index in [0.717, 1.165) is 12.1 Å². The van der Waals surface area contributed by atoms with Gasteiger partial charge in [-0.05, 0) is 25.1 Å². The molecule has 3 rings (SSSR count). The molecule has 31 heavy (non-hydrogen) atoms. The first-order valence-corrected chi connectivity index (χ1v) is 9.26. The number of nitrogens with zero attached hydrogens (tertiary/aromatic N) is 2.